The van der Waals surface area contributed by atoms with Crippen LogP contribution in [-0.2, 0) is 9.53 Å². The molecule has 0 amide bonds. The van der Waals surface area contributed by atoms with Crippen molar-refractivity contribution >= 4 is 11.8 Å². The first-order valence-electron chi connectivity index (χ1n) is 8.35. The lowest BCUT2D eigenvalue weighted by atomic mass is 10.00. The number of hydrogen-bond acceptors (Lipinski definition) is 4. The summed E-state index contributed by atoms with van der Waals surface area (Å²) in [7, 11) is 0. The van der Waals surface area contributed by atoms with Crippen LogP contribution in [-0.4, -0.2) is 18.4 Å². The summed E-state index contributed by atoms with van der Waals surface area (Å²) in [6.07, 6.45) is -1.09. The van der Waals surface area contributed by atoms with Crippen LogP contribution in [0.3, 0.4) is 0 Å². The van der Waals surface area contributed by atoms with Crippen molar-refractivity contribution in [2.45, 2.75) is 6.10 Å². The molecule has 3 aromatic rings. The van der Waals surface area contributed by atoms with Gasteiger partial charge >= 0.3 is 5.97 Å². The average molecular weight is 364 g/mol. The van der Waals surface area contributed by atoms with E-state index in [1.54, 1.807) is 54.6 Å². The zero-order valence-corrected chi connectivity index (χ0v) is 14.4. The number of rotatable bonds is 7. The van der Waals surface area contributed by atoms with Gasteiger partial charge in [0, 0.05) is 17.2 Å². The van der Waals surface area contributed by atoms with E-state index in [0.29, 0.717) is 11.1 Å². The van der Waals surface area contributed by atoms with Gasteiger partial charge in [-0.25, -0.2) is 9.18 Å². The molecule has 0 N–H and O–H groups in total. The molecule has 0 saturated carbocycles. The van der Waals surface area contributed by atoms with Crippen LogP contribution >= 0.6 is 0 Å². The number of ether oxygens (including phenoxy) is 2. The van der Waals surface area contributed by atoms with E-state index in [1.807, 2.05) is 6.07 Å². The fraction of sp³-hybridized carbons (Fsp3) is 0.0909. The third-order valence-electron chi connectivity index (χ3n) is 3.80. The molecule has 0 fully saturated rings. The van der Waals surface area contributed by atoms with Crippen molar-refractivity contribution in [1.82, 2.24) is 0 Å². The van der Waals surface area contributed by atoms with Gasteiger partial charge in [-0.3, -0.25) is 4.79 Å². The number of ketones is 1. The lowest BCUT2D eigenvalue weighted by Gasteiger charge is -2.17. The normalized spacial score (nSPS) is 11.4. The van der Waals surface area contributed by atoms with Gasteiger partial charge in [0.05, 0.1) is 0 Å². The summed E-state index contributed by atoms with van der Waals surface area (Å²) >= 11 is 0. The minimum atomic E-state index is -1.09. The number of hydrogen-bond donors (Lipinski definition) is 0. The first-order chi connectivity index (χ1) is 13.1. The monoisotopic (exact) mass is 364 g/mol. The fourth-order valence-corrected chi connectivity index (χ4v) is 2.52. The van der Waals surface area contributed by atoms with Crippen molar-refractivity contribution in [2.24, 2.45) is 0 Å². The lowest BCUT2D eigenvalue weighted by Crippen LogP contribution is -2.23. The van der Waals surface area contributed by atoms with E-state index in [2.05, 4.69) is 0 Å². The van der Waals surface area contributed by atoms with Gasteiger partial charge in [0.2, 0.25) is 5.78 Å². The summed E-state index contributed by atoms with van der Waals surface area (Å²) in [6, 6.07) is 22.8. The Labute approximate surface area is 156 Å². The maximum atomic E-state index is 13.2. The molecule has 0 saturated heterocycles. The third kappa shape index (κ3) is 5.01. The molecule has 0 aliphatic carbocycles. The molecule has 27 heavy (non-hydrogen) atoms. The van der Waals surface area contributed by atoms with Crippen LogP contribution in [0.4, 0.5) is 4.39 Å². The molecule has 0 radical (unpaired) electrons. The van der Waals surface area contributed by atoms with Crippen LogP contribution in [0.1, 0.15) is 22.0 Å². The number of benzene rings is 3. The van der Waals surface area contributed by atoms with Crippen LogP contribution in [0, 0.1) is 5.82 Å². The highest BCUT2D eigenvalue weighted by Crippen LogP contribution is 2.23. The van der Waals surface area contributed by atoms with Gasteiger partial charge in [-0.2, -0.15) is 0 Å². The third-order valence-corrected chi connectivity index (χ3v) is 3.80. The second kappa shape index (κ2) is 8.76. The van der Waals surface area contributed by atoms with Gasteiger partial charge in [0.1, 0.15) is 11.6 Å². The smallest absolute Gasteiger partial charge is 0.345 e. The molecule has 5 heteroatoms. The van der Waals surface area contributed by atoms with E-state index in [0.717, 1.165) is 6.07 Å². The number of carbonyl (C=O) groups excluding carboxylic acids is 2. The van der Waals surface area contributed by atoms with Gasteiger partial charge in [-0.15, -0.1) is 0 Å². The first-order valence-corrected chi connectivity index (χ1v) is 8.35. The van der Waals surface area contributed by atoms with Crippen molar-refractivity contribution in [2.75, 3.05) is 6.61 Å². The summed E-state index contributed by atoms with van der Waals surface area (Å²) in [4.78, 5) is 25.1. The Kier molecular flexibility index (Phi) is 5.94. The van der Waals surface area contributed by atoms with E-state index >= 15 is 0 Å². The van der Waals surface area contributed by atoms with Gasteiger partial charge in [0.15, 0.2) is 12.7 Å². The average Bonchev–Trinajstić information content (AvgIpc) is 2.71. The maximum absolute atomic E-state index is 13.2. The van der Waals surface area contributed by atoms with Gasteiger partial charge in [0.25, 0.3) is 0 Å². The van der Waals surface area contributed by atoms with E-state index in [4.69, 9.17) is 9.47 Å². The Morgan fingerprint density at radius 2 is 1.52 bits per heavy atom. The Bertz CT molecular complexity index is 910. The molecule has 136 valence electrons. The second-order valence-electron chi connectivity index (χ2n) is 5.76. The summed E-state index contributed by atoms with van der Waals surface area (Å²) in [5.74, 6) is -1.32. The largest absolute Gasteiger partial charge is 0.482 e. The molecular formula is C22H17FO4. The molecule has 0 heterocycles. The highest BCUT2D eigenvalue weighted by Gasteiger charge is 2.26. The molecule has 0 aliphatic heterocycles. The molecule has 1 atom stereocenters. The quantitative estimate of drug-likeness (QED) is 0.461. The molecule has 0 spiro atoms. The Balaban J connectivity index is 1.73. The van der Waals surface area contributed by atoms with Crippen LogP contribution in [0.5, 0.6) is 5.75 Å². The predicted molar refractivity (Wildman–Crippen MR) is 97.9 cm³/mol. The number of halogens is 1. The molecule has 4 nitrogen and oxygen atoms in total. The lowest BCUT2D eigenvalue weighted by molar-refractivity contribution is -0.149. The molecule has 0 aromatic heterocycles. The minimum absolute atomic E-state index is 0.206. The van der Waals surface area contributed by atoms with Gasteiger partial charge in [-0.05, 0) is 12.1 Å². The van der Waals surface area contributed by atoms with Gasteiger partial charge < -0.3 is 9.47 Å². The van der Waals surface area contributed by atoms with Crippen molar-refractivity contribution in [3.63, 3.8) is 0 Å². The van der Waals surface area contributed by atoms with Crippen molar-refractivity contribution in [3.05, 3.63) is 102 Å². The highest BCUT2D eigenvalue weighted by atomic mass is 19.1. The van der Waals surface area contributed by atoms with Crippen LogP contribution in [0.25, 0.3) is 0 Å². The second-order valence-corrected chi connectivity index (χ2v) is 5.76. The summed E-state index contributed by atoms with van der Waals surface area (Å²) in [5.41, 5.74) is 0.996. The van der Waals surface area contributed by atoms with Gasteiger partial charge in [-0.1, -0.05) is 66.7 Å². The van der Waals surface area contributed by atoms with Crippen molar-refractivity contribution < 1.29 is 23.5 Å². The SMILES string of the molecule is O=C(COc1cccc(F)c1)OC(C(=O)c1ccccc1)c1ccccc1. The number of esters is 1. The van der Waals surface area contributed by atoms with E-state index < -0.39 is 24.5 Å². The zero-order valence-electron chi connectivity index (χ0n) is 14.4. The van der Waals surface area contributed by atoms with E-state index in [-0.39, 0.29) is 11.5 Å². The van der Waals surface area contributed by atoms with Crippen molar-refractivity contribution in [3.8, 4) is 5.75 Å². The number of carbonyl (C=O) groups is 2. The molecular weight excluding hydrogens is 347 g/mol. The summed E-state index contributed by atoms with van der Waals surface area (Å²) in [5, 5.41) is 0. The Hall–Kier alpha value is -3.47. The highest BCUT2D eigenvalue weighted by molar-refractivity contribution is 6.01. The minimum Gasteiger partial charge on any atom is -0.482 e. The first kappa shape index (κ1) is 18.3. The molecule has 0 bridgehead atoms. The van der Waals surface area contributed by atoms with E-state index in [9.17, 15) is 14.0 Å². The van der Waals surface area contributed by atoms with Crippen LogP contribution in [0.2, 0.25) is 0 Å². The summed E-state index contributed by atoms with van der Waals surface area (Å²) < 4.78 is 23.8. The predicted octanol–water partition coefficient (Wildman–Crippen LogP) is 4.37. The molecule has 1 unspecified atom stereocenters. The zero-order chi connectivity index (χ0) is 19.1. The van der Waals surface area contributed by atoms with Crippen LogP contribution < -0.4 is 4.74 Å². The molecule has 3 rings (SSSR count). The maximum Gasteiger partial charge on any atom is 0.345 e. The van der Waals surface area contributed by atoms with Crippen LogP contribution in [0.15, 0.2) is 84.9 Å². The fourth-order valence-electron chi connectivity index (χ4n) is 2.52. The standard InChI is InChI=1S/C22H17FO4/c23-18-12-7-13-19(14-18)26-15-20(24)27-22(17-10-5-2-6-11-17)21(25)16-8-3-1-4-9-16/h1-14,22H,15H2. The number of Topliss-reactive ketones (excluding diaryl/α,β-unsaturated/α-hetero) is 1. The van der Waals surface area contributed by atoms with E-state index in [1.165, 1.54) is 18.2 Å². The molecule has 3 aromatic carbocycles. The van der Waals surface area contributed by atoms with Crippen molar-refractivity contribution in [1.29, 1.82) is 0 Å². The Morgan fingerprint density at radius 3 is 2.19 bits per heavy atom. The topological polar surface area (TPSA) is 52.6 Å². The summed E-state index contributed by atoms with van der Waals surface area (Å²) in [6.45, 7) is -0.436. The molecule has 0 aliphatic rings. The Morgan fingerprint density at radius 1 is 0.852 bits per heavy atom.